The zero-order valence-corrected chi connectivity index (χ0v) is 21.5. The van der Waals surface area contributed by atoms with Gasteiger partial charge in [0.1, 0.15) is 5.75 Å². The third-order valence-corrected chi connectivity index (χ3v) is 6.52. The van der Waals surface area contributed by atoms with Crippen LogP contribution in [0.1, 0.15) is 83.4 Å². The van der Waals surface area contributed by atoms with Gasteiger partial charge in [0.2, 0.25) is 5.91 Å². The maximum absolute atomic E-state index is 13.0. The molecular weight excluding hydrogens is 440 g/mol. The van der Waals surface area contributed by atoms with E-state index in [1.54, 1.807) is 12.1 Å². The second-order valence-electron chi connectivity index (χ2n) is 10.6. The van der Waals surface area contributed by atoms with Crippen LogP contribution in [0.15, 0.2) is 48.5 Å². The molecular formula is C29H40N2O4. The second kappa shape index (κ2) is 12.1. The summed E-state index contributed by atoms with van der Waals surface area (Å²) in [5.41, 5.74) is 1.79. The number of carboxylic acid groups (broad SMARTS) is 1. The van der Waals surface area contributed by atoms with Crippen molar-refractivity contribution in [2.45, 2.75) is 90.3 Å². The summed E-state index contributed by atoms with van der Waals surface area (Å²) in [6.07, 6.45) is 7.34. The molecule has 190 valence electrons. The summed E-state index contributed by atoms with van der Waals surface area (Å²) in [7, 11) is 0. The Morgan fingerprint density at radius 1 is 1.03 bits per heavy atom. The standard InChI is InChI=1S/C29H40N2O4/c1-20(2)18-26(24-12-8-9-13-25(24)30-22-10-6-5-7-11-22)31-27(32)19-21-14-16-23(17-15-21)35-29(3,4)28(33)34/h8-9,12-17,20,22,26,30H,5-7,10-11,18-19H2,1-4H3,(H,31,32)(H,33,34). The SMILES string of the molecule is CC(C)CC(NC(=O)Cc1ccc(OC(C)(C)C(=O)O)cc1)c1ccccc1NC1CCCCC1. The van der Waals surface area contributed by atoms with Crippen LogP contribution in [0.25, 0.3) is 0 Å². The molecule has 35 heavy (non-hydrogen) atoms. The topological polar surface area (TPSA) is 87.7 Å². The van der Waals surface area contributed by atoms with Gasteiger partial charge in [0.05, 0.1) is 12.5 Å². The largest absolute Gasteiger partial charge is 0.478 e. The third-order valence-electron chi connectivity index (χ3n) is 6.52. The van der Waals surface area contributed by atoms with Crippen LogP contribution in [-0.4, -0.2) is 28.6 Å². The molecule has 0 heterocycles. The minimum absolute atomic E-state index is 0.0392. The first-order valence-electron chi connectivity index (χ1n) is 12.8. The summed E-state index contributed by atoms with van der Waals surface area (Å²) in [6.45, 7) is 7.36. The lowest BCUT2D eigenvalue weighted by atomic mass is 9.92. The number of amides is 1. The molecule has 0 bridgehead atoms. The lowest BCUT2D eigenvalue weighted by molar-refractivity contribution is -0.152. The molecule has 1 unspecified atom stereocenters. The van der Waals surface area contributed by atoms with Gasteiger partial charge in [-0.3, -0.25) is 4.79 Å². The van der Waals surface area contributed by atoms with Gasteiger partial charge < -0.3 is 20.5 Å². The third kappa shape index (κ3) is 8.01. The average Bonchev–Trinajstić information content (AvgIpc) is 2.80. The van der Waals surface area contributed by atoms with Crippen LogP contribution in [-0.2, 0) is 16.0 Å². The Labute approximate surface area is 209 Å². The Balaban J connectivity index is 1.68. The summed E-state index contributed by atoms with van der Waals surface area (Å²) in [4.78, 5) is 24.3. The number of hydrogen-bond donors (Lipinski definition) is 3. The fourth-order valence-electron chi connectivity index (χ4n) is 4.58. The van der Waals surface area contributed by atoms with E-state index >= 15 is 0 Å². The number of anilines is 1. The predicted molar refractivity (Wildman–Crippen MR) is 140 cm³/mol. The van der Waals surface area contributed by atoms with Gasteiger partial charge in [0.25, 0.3) is 0 Å². The molecule has 1 atom stereocenters. The first-order valence-corrected chi connectivity index (χ1v) is 12.8. The van der Waals surface area contributed by atoms with Crippen LogP contribution in [0.5, 0.6) is 5.75 Å². The molecule has 6 heteroatoms. The zero-order chi connectivity index (χ0) is 25.4. The highest BCUT2D eigenvalue weighted by molar-refractivity contribution is 5.79. The van der Waals surface area contributed by atoms with Crippen molar-refractivity contribution in [1.82, 2.24) is 5.32 Å². The van der Waals surface area contributed by atoms with Gasteiger partial charge in [-0.1, -0.05) is 63.4 Å². The number of carbonyl (C=O) groups is 2. The summed E-state index contributed by atoms with van der Waals surface area (Å²) in [5, 5.41) is 16.3. The molecule has 0 radical (unpaired) electrons. The Morgan fingerprint density at radius 3 is 2.31 bits per heavy atom. The van der Waals surface area contributed by atoms with E-state index in [9.17, 15) is 14.7 Å². The summed E-state index contributed by atoms with van der Waals surface area (Å²) >= 11 is 0. The van der Waals surface area contributed by atoms with Crippen molar-refractivity contribution in [3.63, 3.8) is 0 Å². The monoisotopic (exact) mass is 480 g/mol. The molecule has 2 aromatic carbocycles. The van der Waals surface area contributed by atoms with E-state index in [0.717, 1.165) is 23.2 Å². The Morgan fingerprint density at radius 2 is 1.69 bits per heavy atom. The van der Waals surface area contributed by atoms with Gasteiger partial charge in [-0.15, -0.1) is 0 Å². The number of carbonyl (C=O) groups excluding carboxylic acids is 1. The molecule has 1 aliphatic carbocycles. The van der Waals surface area contributed by atoms with Crippen molar-refractivity contribution in [2.24, 2.45) is 5.92 Å². The highest BCUT2D eigenvalue weighted by Gasteiger charge is 2.29. The van der Waals surface area contributed by atoms with E-state index in [2.05, 4.69) is 42.7 Å². The first-order chi connectivity index (χ1) is 16.6. The van der Waals surface area contributed by atoms with Crippen LogP contribution >= 0.6 is 0 Å². The van der Waals surface area contributed by atoms with Gasteiger partial charge in [0, 0.05) is 11.7 Å². The summed E-state index contributed by atoms with van der Waals surface area (Å²) in [6, 6.07) is 15.8. The van der Waals surface area contributed by atoms with Crippen molar-refractivity contribution >= 4 is 17.6 Å². The van der Waals surface area contributed by atoms with Gasteiger partial charge in [0.15, 0.2) is 5.60 Å². The minimum Gasteiger partial charge on any atom is -0.478 e. The minimum atomic E-state index is -1.32. The van der Waals surface area contributed by atoms with Crippen LogP contribution in [0, 0.1) is 5.92 Å². The molecule has 1 saturated carbocycles. The Bertz CT molecular complexity index is 978. The van der Waals surface area contributed by atoms with Crippen LogP contribution in [0.4, 0.5) is 5.69 Å². The van der Waals surface area contributed by atoms with E-state index in [1.807, 2.05) is 18.2 Å². The van der Waals surface area contributed by atoms with E-state index in [0.29, 0.717) is 17.7 Å². The lowest BCUT2D eigenvalue weighted by Crippen LogP contribution is -2.37. The molecule has 0 aromatic heterocycles. The normalized spacial score (nSPS) is 15.5. The molecule has 1 amide bonds. The fourth-order valence-corrected chi connectivity index (χ4v) is 4.58. The van der Waals surface area contributed by atoms with Crippen LogP contribution < -0.4 is 15.4 Å². The van der Waals surface area contributed by atoms with E-state index < -0.39 is 11.6 Å². The quantitative estimate of drug-likeness (QED) is 0.361. The molecule has 0 aliphatic heterocycles. The molecule has 3 N–H and O–H groups in total. The second-order valence-corrected chi connectivity index (χ2v) is 10.6. The van der Waals surface area contributed by atoms with Crippen molar-refractivity contribution in [3.05, 3.63) is 59.7 Å². The lowest BCUT2D eigenvalue weighted by Gasteiger charge is -2.28. The molecule has 0 saturated heterocycles. The van der Waals surface area contributed by atoms with Gasteiger partial charge in [-0.05, 0) is 68.4 Å². The Hall–Kier alpha value is -3.02. The first kappa shape index (κ1) is 26.6. The smallest absolute Gasteiger partial charge is 0.347 e. The van der Waals surface area contributed by atoms with Crippen molar-refractivity contribution in [3.8, 4) is 5.75 Å². The van der Waals surface area contributed by atoms with E-state index in [4.69, 9.17) is 4.74 Å². The number of ether oxygens (including phenoxy) is 1. The average molecular weight is 481 g/mol. The number of benzene rings is 2. The number of aliphatic carboxylic acids is 1. The number of hydrogen-bond acceptors (Lipinski definition) is 4. The predicted octanol–water partition coefficient (Wildman–Crippen LogP) is 6.12. The van der Waals surface area contributed by atoms with Crippen molar-refractivity contribution < 1.29 is 19.4 Å². The molecule has 1 aliphatic rings. The van der Waals surface area contributed by atoms with Crippen molar-refractivity contribution in [2.75, 3.05) is 5.32 Å². The maximum atomic E-state index is 13.0. The number of carboxylic acids is 1. The molecule has 6 nitrogen and oxygen atoms in total. The molecule has 2 aromatic rings. The van der Waals surface area contributed by atoms with Crippen molar-refractivity contribution in [1.29, 1.82) is 0 Å². The van der Waals surface area contributed by atoms with Gasteiger partial charge in [-0.25, -0.2) is 4.79 Å². The molecule has 3 rings (SSSR count). The highest BCUT2D eigenvalue weighted by Crippen LogP contribution is 2.31. The fraction of sp³-hybridized carbons (Fsp3) is 0.517. The van der Waals surface area contributed by atoms with Crippen LogP contribution in [0.2, 0.25) is 0 Å². The van der Waals surface area contributed by atoms with Gasteiger partial charge in [-0.2, -0.15) is 0 Å². The van der Waals surface area contributed by atoms with Gasteiger partial charge >= 0.3 is 5.97 Å². The number of para-hydroxylation sites is 1. The number of nitrogens with one attached hydrogen (secondary N) is 2. The maximum Gasteiger partial charge on any atom is 0.347 e. The molecule has 0 spiro atoms. The zero-order valence-electron chi connectivity index (χ0n) is 21.5. The van der Waals surface area contributed by atoms with E-state index in [-0.39, 0.29) is 18.4 Å². The summed E-state index contributed by atoms with van der Waals surface area (Å²) in [5.74, 6) is -0.183. The molecule has 1 fully saturated rings. The van der Waals surface area contributed by atoms with E-state index in [1.165, 1.54) is 46.0 Å². The van der Waals surface area contributed by atoms with Crippen LogP contribution in [0.3, 0.4) is 0 Å². The summed E-state index contributed by atoms with van der Waals surface area (Å²) < 4.78 is 5.56. The Kier molecular flexibility index (Phi) is 9.19. The number of rotatable bonds is 11. The highest BCUT2D eigenvalue weighted by atomic mass is 16.5.